The zero-order chi connectivity index (χ0) is 26.0. The van der Waals surface area contributed by atoms with Gasteiger partial charge in [0.25, 0.3) is 0 Å². The van der Waals surface area contributed by atoms with Crippen molar-refractivity contribution in [2.45, 2.75) is 69.0 Å². The number of thiocarbonyl (C=S) groups is 1. The largest absolute Gasteiger partial charge is 0.453 e. The molecule has 2 fully saturated rings. The molecule has 2 heterocycles. The van der Waals surface area contributed by atoms with Crippen LogP contribution in [0.15, 0.2) is 11.6 Å². The van der Waals surface area contributed by atoms with Crippen LogP contribution in [0, 0.1) is 5.92 Å². The molecule has 0 spiro atoms. The predicted molar refractivity (Wildman–Crippen MR) is 147 cm³/mol. The third-order valence-corrected chi connectivity index (χ3v) is 15.5. The average Bonchev–Trinajstić information content (AvgIpc) is 3.08. The molecule has 0 aromatic carbocycles. The summed E-state index contributed by atoms with van der Waals surface area (Å²) in [5.41, 5.74) is 0. The minimum absolute atomic E-state index is 0.0582. The molecule has 2 saturated heterocycles. The molecule has 0 unspecified atom stereocenters. The van der Waals surface area contributed by atoms with Gasteiger partial charge in [-0.3, -0.25) is 18.7 Å². The highest BCUT2D eigenvalue weighted by atomic mass is 35.5. The lowest BCUT2D eigenvalue weighted by Gasteiger charge is -2.49. The van der Waals surface area contributed by atoms with Crippen molar-refractivity contribution >= 4 is 87.8 Å². The van der Waals surface area contributed by atoms with Gasteiger partial charge in [-0.05, 0) is 31.5 Å². The van der Waals surface area contributed by atoms with Gasteiger partial charge < -0.3 is 9.16 Å². The van der Waals surface area contributed by atoms with Gasteiger partial charge in [0, 0.05) is 32.6 Å². The second kappa shape index (κ2) is 11.9. The quantitative estimate of drug-likeness (QED) is 0.143. The highest BCUT2D eigenvalue weighted by Gasteiger charge is 2.57. The molecule has 0 bridgehead atoms. The molecular formula is C21H32ClNO6S4Si. The number of rotatable bonds is 7. The fourth-order valence-corrected chi connectivity index (χ4v) is 10.1. The second-order valence-corrected chi connectivity index (χ2v) is 20.3. The van der Waals surface area contributed by atoms with Gasteiger partial charge in [0.1, 0.15) is 15.5 Å². The molecule has 2 rings (SSSR count). The van der Waals surface area contributed by atoms with E-state index in [0.717, 1.165) is 11.3 Å². The number of halogens is 1. The molecule has 5 atom stereocenters. The molecule has 13 heteroatoms. The third-order valence-electron chi connectivity index (χ3n) is 6.15. The van der Waals surface area contributed by atoms with Gasteiger partial charge in [0.15, 0.2) is 8.32 Å². The van der Waals surface area contributed by atoms with Gasteiger partial charge in [-0.25, -0.2) is 4.79 Å². The highest BCUT2D eigenvalue weighted by molar-refractivity contribution is 8.47. The standard InChI is InChI=1S/C21H32ClNO6S4Si/c1-12(22)10-28-19(26)17(25)23-16(24)15(13(2)29-34(6,7)21(3,4)5)18(23)32-20(30)31-14-8-9-33(27)11-14/h13-15,18H,1,8-11H2,2-7H3/t13-,14-,15+,18-,33+/m1/s1. The SMILES string of the molecule is C=C(Cl)COC(=O)C(=O)N1C(=O)[C@H]([C@@H](C)O[Si](C)(C)C(C)(C)C)[C@H]1SC(=S)S[C@@H]1CC[S@](=O)C1. The molecule has 2 amide bonds. The number of hydrogen-bond donors (Lipinski definition) is 0. The first kappa shape index (κ1) is 30.0. The van der Waals surface area contributed by atoms with Gasteiger partial charge >= 0.3 is 11.9 Å². The highest BCUT2D eigenvalue weighted by Crippen LogP contribution is 2.45. The van der Waals surface area contributed by atoms with Crippen LogP contribution in [0.2, 0.25) is 18.1 Å². The maximum absolute atomic E-state index is 13.1. The number of esters is 1. The van der Waals surface area contributed by atoms with Gasteiger partial charge in [0.2, 0.25) is 5.91 Å². The first-order valence-corrected chi connectivity index (χ1v) is 17.8. The molecular weight excluding hydrogens is 554 g/mol. The lowest BCUT2D eigenvalue weighted by molar-refractivity contribution is -0.174. The van der Waals surface area contributed by atoms with Crippen LogP contribution in [-0.2, 0) is 34.3 Å². The van der Waals surface area contributed by atoms with Gasteiger partial charge in [-0.15, -0.1) is 11.8 Å². The van der Waals surface area contributed by atoms with Crippen molar-refractivity contribution in [1.29, 1.82) is 0 Å². The van der Waals surface area contributed by atoms with E-state index in [2.05, 4.69) is 40.4 Å². The molecule has 0 N–H and O–H groups in total. The summed E-state index contributed by atoms with van der Waals surface area (Å²) in [5, 5.41) is -0.565. The van der Waals surface area contributed by atoms with E-state index in [4.69, 9.17) is 33.0 Å². The van der Waals surface area contributed by atoms with Gasteiger partial charge in [-0.1, -0.05) is 62.9 Å². The van der Waals surface area contributed by atoms with E-state index in [-0.39, 0.29) is 21.9 Å². The van der Waals surface area contributed by atoms with Crippen LogP contribution >= 0.6 is 47.3 Å². The zero-order valence-electron chi connectivity index (χ0n) is 20.3. The Kier molecular flexibility index (Phi) is 10.5. The Morgan fingerprint density at radius 3 is 2.47 bits per heavy atom. The van der Waals surface area contributed by atoms with Crippen molar-refractivity contribution in [3.8, 4) is 0 Å². The van der Waals surface area contributed by atoms with Crippen LogP contribution in [0.5, 0.6) is 0 Å². The van der Waals surface area contributed by atoms with Crippen LogP contribution < -0.4 is 0 Å². The summed E-state index contributed by atoms with van der Waals surface area (Å²) in [4.78, 5) is 39.0. The average molecular weight is 586 g/mol. The van der Waals surface area contributed by atoms with E-state index in [1.165, 1.54) is 23.5 Å². The van der Waals surface area contributed by atoms with Crippen LogP contribution in [-0.4, -0.2) is 73.6 Å². The van der Waals surface area contributed by atoms with E-state index in [9.17, 15) is 18.6 Å². The number of thioether (sulfide) groups is 2. The molecule has 0 aromatic rings. The molecule has 0 saturated carbocycles. The number of carbonyl (C=O) groups is 3. The number of carbonyl (C=O) groups excluding carboxylic acids is 3. The van der Waals surface area contributed by atoms with Crippen LogP contribution in [0.25, 0.3) is 0 Å². The normalized spacial score (nSPS) is 26.1. The minimum Gasteiger partial charge on any atom is -0.453 e. The monoisotopic (exact) mass is 585 g/mol. The third kappa shape index (κ3) is 7.39. The Labute approximate surface area is 224 Å². The summed E-state index contributed by atoms with van der Waals surface area (Å²) in [6.07, 6.45) is 0.327. The van der Waals surface area contributed by atoms with E-state index in [1.54, 1.807) is 0 Å². The van der Waals surface area contributed by atoms with Crippen LogP contribution in [0.4, 0.5) is 0 Å². The fraction of sp³-hybridized carbons (Fsp3) is 0.714. The molecule has 2 aliphatic rings. The van der Waals surface area contributed by atoms with E-state index in [0.29, 0.717) is 15.0 Å². The Bertz CT molecular complexity index is 893. The number of β-lactam (4-membered cyclic amide) rings is 1. The molecule has 7 nitrogen and oxygen atoms in total. The fourth-order valence-electron chi connectivity index (χ4n) is 3.27. The summed E-state index contributed by atoms with van der Waals surface area (Å²) in [7, 11) is -3.04. The lowest BCUT2D eigenvalue weighted by Crippen LogP contribution is -2.67. The summed E-state index contributed by atoms with van der Waals surface area (Å²) in [5.74, 6) is -2.16. The molecule has 192 valence electrons. The summed E-state index contributed by atoms with van der Waals surface area (Å²) in [6.45, 7) is 15.4. The Balaban J connectivity index is 2.19. The van der Waals surface area contributed by atoms with E-state index < -0.39 is 54.3 Å². The van der Waals surface area contributed by atoms with Crippen molar-refractivity contribution in [2.24, 2.45) is 5.92 Å². The Morgan fingerprint density at radius 2 is 1.97 bits per heavy atom. The zero-order valence-corrected chi connectivity index (χ0v) is 25.3. The molecule has 0 aromatic heterocycles. The number of amides is 2. The van der Waals surface area contributed by atoms with Crippen molar-refractivity contribution in [3.05, 3.63) is 11.6 Å². The molecule has 34 heavy (non-hydrogen) atoms. The van der Waals surface area contributed by atoms with Crippen molar-refractivity contribution in [1.82, 2.24) is 4.90 Å². The van der Waals surface area contributed by atoms with E-state index >= 15 is 0 Å². The molecule has 0 radical (unpaired) electrons. The maximum atomic E-state index is 13.1. The maximum Gasteiger partial charge on any atom is 0.397 e. The summed E-state index contributed by atoms with van der Waals surface area (Å²) >= 11 is 13.8. The van der Waals surface area contributed by atoms with Crippen molar-refractivity contribution in [2.75, 3.05) is 18.1 Å². The smallest absolute Gasteiger partial charge is 0.397 e. The number of imide groups is 1. The van der Waals surface area contributed by atoms with Gasteiger partial charge in [0.05, 0.1) is 12.0 Å². The van der Waals surface area contributed by atoms with Gasteiger partial charge in [-0.2, -0.15) is 0 Å². The van der Waals surface area contributed by atoms with Crippen LogP contribution in [0.3, 0.4) is 0 Å². The Morgan fingerprint density at radius 1 is 1.35 bits per heavy atom. The molecule has 0 aliphatic carbocycles. The minimum atomic E-state index is -2.20. The lowest BCUT2D eigenvalue weighted by atomic mass is 9.92. The first-order valence-electron chi connectivity index (χ1n) is 10.8. The number of likely N-dealkylation sites (tertiary alicyclic amines) is 1. The molecule has 2 aliphatic heterocycles. The second-order valence-electron chi connectivity index (χ2n) is 9.81. The topological polar surface area (TPSA) is 90.0 Å². The first-order chi connectivity index (χ1) is 15.5. The van der Waals surface area contributed by atoms with Crippen molar-refractivity contribution in [3.63, 3.8) is 0 Å². The van der Waals surface area contributed by atoms with Crippen molar-refractivity contribution < 1.29 is 27.8 Å². The summed E-state index contributed by atoms with van der Waals surface area (Å²) < 4.78 is 23.5. The number of ether oxygens (including phenoxy) is 1. The van der Waals surface area contributed by atoms with E-state index in [1.807, 2.05) is 6.92 Å². The number of hydrogen-bond acceptors (Lipinski definition) is 9. The summed E-state index contributed by atoms with van der Waals surface area (Å²) in [6, 6.07) is 0. The number of nitrogens with zero attached hydrogens (tertiary/aromatic N) is 1. The Hall–Kier alpha value is -0.243. The predicted octanol–water partition coefficient (Wildman–Crippen LogP) is 4.28. The van der Waals surface area contributed by atoms with Crippen LogP contribution in [0.1, 0.15) is 34.1 Å².